The van der Waals surface area contributed by atoms with Gasteiger partial charge < -0.3 is 10.4 Å². The molecule has 0 radical (unpaired) electrons. The van der Waals surface area contributed by atoms with Crippen molar-refractivity contribution >= 4 is 22.4 Å². The monoisotopic (exact) mass is 290 g/mol. The average molecular weight is 290 g/mol. The van der Waals surface area contributed by atoms with Gasteiger partial charge in [0, 0.05) is 10.9 Å². The van der Waals surface area contributed by atoms with Crippen LogP contribution in [0.4, 0.5) is 5.13 Å². The number of hydrogen-bond acceptors (Lipinski definition) is 4. The summed E-state index contributed by atoms with van der Waals surface area (Å²) >= 11 is 1.44. The second kappa shape index (κ2) is 7.05. The quantitative estimate of drug-likeness (QED) is 0.812. The zero-order valence-electron chi connectivity index (χ0n) is 11.4. The minimum atomic E-state index is -0.824. The number of benzene rings is 1. The second-order valence-electron chi connectivity index (χ2n) is 4.58. The molecule has 0 bridgehead atoms. The lowest BCUT2D eigenvalue weighted by atomic mass is 10.1. The minimum Gasteiger partial charge on any atom is -0.480 e. The van der Waals surface area contributed by atoms with Crippen LogP contribution in [0.5, 0.6) is 0 Å². The van der Waals surface area contributed by atoms with Crippen molar-refractivity contribution in [3.8, 4) is 11.3 Å². The third-order valence-electron chi connectivity index (χ3n) is 3.02. The number of nitrogens with zero attached hydrogens (tertiary/aromatic N) is 1. The van der Waals surface area contributed by atoms with Gasteiger partial charge in [0.15, 0.2) is 5.13 Å². The van der Waals surface area contributed by atoms with Gasteiger partial charge in [0.25, 0.3) is 0 Å². The molecule has 0 saturated heterocycles. The van der Waals surface area contributed by atoms with Gasteiger partial charge in [-0.1, -0.05) is 50.1 Å². The number of anilines is 1. The van der Waals surface area contributed by atoms with Crippen LogP contribution >= 0.6 is 11.3 Å². The van der Waals surface area contributed by atoms with Crippen molar-refractivity contribution in [2.24, 2.45) is 0 Å². The molecule has 0 aliphatic rings. The van der Waals surface area contributed by atoms with E-state index in [1.807, 2.05) is 35.7 Å². The summed E-state index contributed by atoms with van der Waals surface area (Å²) in [4.78, 5) is 15.7. The lowest BCUT2D eigenvalue weighted by Crippen LogP contribution is -2.29. The Morgan fingerprint density at radius 1 is 1.40 bits per heavy atom. The van der Waals surface area contributed by atoms with Crippen LogP contribution in [0.25, 0.3) is 11.3 Å². The van der Waals surface area contributed by atoms with Crippen LogP contribution < -0.4 is 5.32 Å². The number of carboxylic acids is 1. The van der Waals surface area contributed by atoms with Gasteiger partial charge in [-0.05, 0) is 6.42 Å². The van der Waals surface area contributed by atoms with Gasteiger partial charge in [-0.15, -0.1) is 11.3 Å². The minimum absolute atomic E-state index is 0.565. The highest BCUT2D eigenvalue weighted by atomic mass is 32.1. The molecule has 4 nitrogen and oxygen atoms in total. The Morgan fingerprint density at radius 3 is 2.80 bits per heavy atom. The highest BCUT2D eigenvalue weighted by molar-refractivity contribution is 7.14. The number of carboxylic acid groups (broad SMARTS) is 1. The second-order valence-corrected chi connectivity index (χ2v) is 5.44. The molecule has 0 amide bonds. The van der Waals surface area contributed by atoms with Gasteiger partial charge in [-0.2, -0.15) is 0 Å². The van der Waals surface area contributed by atoms with E-state index in [-0.39, 0.29) is 0 Å². The molecule has 1 atom stereocenters. The summed E-state index contributed by atoms with van der Waals surface area (Å²) in [6.45, 7) is 2.05. The topological polar surface area (TPSA) is 62.2 Å². The maximum Gasteiger partial charge on any atom is 0.326 e. The van der Waals surface area contributed by atoms with Crippen LogP contribution in [0, 0.1) is 0 Å². The number of thiazole rings is 1. The van der Waals surface area contributed by atoms with Gasteiger partial charge in [0.05, 0.1) is 5.69 Å². The normalized spacial score (nSPS) is 12.1. The summed E-state index contributed by atoms with van der Waals surface area (Å²) in [7, 11) is 0. The number of unbranched alkanes of at least 4 members (excludes halogenated alkanes) is 1. The van der Waals surface area contributed by atoms with Crippen molar-refractivity contribution in [3.05, 3.63) is 35.7 Å². The van der Waals surface area contributed by atoms with E-state index in [2.05, 4.69) is 17.2 Å². The van der Waals surface area contributed by atoms with Crippen molar-refractivity contribution in [2.75, 3.05) is 5.32 Å². The smallest absolute Gasteiger partial charge is 0.326 e. The van der Waals surface area contributed by atoms with Crippen LogP contribution in [0.15, 0.2) is 35.7 Å². The van der Waals surface area contributed by atoms with Gasteiger partial charge in [0.1, 0.15) is 6.04 Å². The van der Waals surface area contributed by atoms with Crippen molar-refractivity contribution in [1.29, 1.82) is 0 Å². The summed E-state index contributed by atoms with van der Waals surface area (Å²) in [6, 6.07) is 9.30. The lowest BCUT2D eigenvalue weighted by Gasteiger charge is -2.12. The molecule has 1 aromatic heterocycles. The van der Waals surface area contributed by atoms with Gasteiger partial charge in [-0.25, -0.2) is 9.78 Å². The molecule has 1 heterocycles. The molecule has 1 unspecified atom stereocenters. The number of rotatable bonds is 7. The van der Waals surface area contributed by atoms with E-state index in [1.54, 1.807) is 0 Å². The molecule has 0 aliphatic heterocycles. The number of hydrogen-bond donors (Lipinski definition) is 2. The van der Waals surface area contributed by atoms with Crippen molar-refractivity contribution in [2.45, 2.75) is 32.2 Å². The van der Waals surface area contributed by atoms with E-state index >= 15 is 0 Å². The summed E-state index contributed by atoms with van der Waals surface area (Å²) in [6.07, 6.45) is 2.49. The molecule has 5 heteroatoms. The Labute approximate surface area is 122 Å². The SMILES string of the molecule is CCCCC(Nc1nc(-c2ccccc2)cs1)C(=O)O. The molecule has 0 aliphatic carbocycles. The number of aromatic nitrogens is 1. The van der Waals surface area contributed by atoms with E-state index in [0.29, 0.717) is 11.6 Å². The van der Waals surface area contributed by atoms with E-state index in [9.17, 15) is 9.90 Å². The summed E-state index contributed by atoms with van der Waals surface area (Å²) in [5, 5.41) is 14.8. The fraction of sp³-hybridized carbons (Fsp3) is 0.333. The Balaban J connectivity index is 2.06. The van der Waals surface area contributed by atoms with Crippen molar-refractivity contribution < 1.29 is 9.90 Å². The molecule has 0 fully saturated rings. The first-order valence-electron chi connectivity index (χ1n) is 6.71. The molecule has 20 heavy (non-hydrogen) atoms. The predicted octanol–water partition coefficient (Wildman–Crippen LogP) is 3.87. The van der Waals surface area contributed by atoms with E-state index < -0.39 is 12.0 Å². The number of carbonyl (C=O) groups is 1. The first-order valence-corrected chi connectivity index (χ1v) is 7.59. The molecular weight excluding hydrogens is 272 g/mol. The largest absolute Gasteiger partial charge is 0.480 e. The summed E-state index contributed by atoms with van der Waals surface area (Å²) < 4.78 is 0. The molecular formula is C15H18N2O2S. The maximum atomic E-state index is 11.2. The van der Waals surface area contributed by atoms with Gasteiger partial charge in [-0.3, -0.25) is 0 Å². The highest BCUT2D eigenvalue weighted by Gasteiger charge is 2.17. The average Bonchev–Trinajstić information content (AvgIpc) is 2.92. The Bertz CT molecular complexity index is 554. The van der Waals surface area contributed by atoms with Crippen LogP contribution in [0.1, 0.15) is 26.2 Å². The first-order chi connectivity index (χ1) is 9.70. The van der Waals surface area contributed by atoms with Crippen LogP contribution in [0.2, 0.25) is 0 Å². The molecule has 2 N–H and O–H groups in total. The Morgan fingerprint density at radius 2 is 2.15 bits per heavy atom. The van der Waals surface area contributed by atoms with E-state index in [0.717, 1.165) is 24.1 Å². The molecule has 2 aromatic rings. The standard InChI is InChI=1S/C15H18N2O2S/c1-2-3-9-12(14(18)19)16-15-17-13(10-20-15)11-7-5-4-6-8-11/h4-8,10,12H,2-3,9H2,1H3,(H,16,17)(H,18,19). The predicted molar refractivity (Wildman–Crippen MR) is 82.1 cm³/mol. The van der Waals surface area contributed by atoms with Crippen LogP contribution in [-0.2, 0) is 4.79 Å². The third kappa shape index (κ3) is 3.81. The molecule has 2 rings (SSSR count). The summed E-state index contributed by atoms with van der Waals surface area (Å²) in [5.74, 6) is -0.824. The maximum absolute atomic E-state index is 11.2. The fourth-order valence-corrected chi connectivity index (χ4v) is 2.67. The van der Waals surface area contributed by atoms with Crippen LogP contribution in [-0.4, -0.2) is 22.1 Å². The Kier molecular flexibility index (Phi) is 5.12. The third-order valence-corrected chi connectivity index (χ3v) is 3.79. The summed E-state index contributed by atoms with van der Waals surface area (Å²) in [5.41, 5.74) is 1.91. The highest BCUT2D eigenvalue weighted by Crippen LogP contribution is 2.25. The Hall–Kier alpha value is -1.88. The molecule has 0 saturated carbocycles. The molecule has 0 spiro atoms. The zero-order chi connectivity index (χ0) is 14.4. The van der Waals surface area contributed by atoms with Gasteiger partial charge >= 0.3 is 5.97 Å². The number of aliphatic carboxylic acids is 1. The van der Waals surface area contributed by atoms with Crippen LogP contribution in [0.3, 0.4) is 0 Å². The van der Waals surface area contributed by atoms with Crippen molar-refractivity contribution in [1.82, 2.24) is 4.98 Å². The van der Waals surface area contributed by atoms with Crippen molar-refractivity contribution in [3.63, 3.8) is 0 Å². The lowest BCUT2D eigenvalue weighted by molar-refractivity contribution is -0.138. The fourth-order valence-electron chi connectivity index (χ4n) is 1.90. The zero-order valence-corrected chi connectivity index (χ0v) is 12.2. The van der Waals surface area contributed by atoms with E-state index in [1.165, 1.54) is 11.3 Å². The molecule has 1 aromatic carbocycles. The number of nitrogens with one attached hydrogen (secondary N) is 1. The molecule has 106 valence electrons. The van der Waals surface area contributed by atoms with E-state index in [4.69, 9.17) is 0 Å². The first kappa shape index (κ1) is 14.5. The van der Waals surface area contributed by atoms with Gasteiger partial charge in [0.2, 0.25) is 0 Å².